The van der Waals surface area contributed by atoms with Crippen molar-refractivity contribution in [2.75, 3.05) is 40.5 Å². The highest BCUT2D eigenvalue weighted by Crippen LogP contribution is 2.27. The second-order valence-corrected chi connectivity index (χ2v) is 6.79. The van der Waals surface area contributed by atoms with E-state index in [0.29, 0.717) is 22.8 Å². The maximum absolute atomic E-state index is 12.4. The fourth-order valence-corrected chi connectivity index (χ4v) is 3.10. The molecule has 3 rings (SSSR count). The van der Waals surface area contributed by atoms with Gasteiger partial charge in [-0.15, -0.1) is 0 Å². The van der Waals surface area contributed by atoms with E-state index in [1.54, 1.807) is 14.2 Å². The van der Waals surface area contributed by atoms with Crippen LogP contribution in [0.2, 0.25) is 0 Å². The second-order valence-electron chi connectivity index (χ2n) is 6.79. The van der Waals surface area contributed by atoms with Gasteiger partial charge in [0, 0.05) is 30.8 Å². The Labute approximate surface area is 171 Å². The molecule has 0 bridgehead atoms. The highest BCUT2D eigenvalue weighted by atomic mass is 16.5. The van der Waals surface area contributed by atoms with Crippen LogP contribution in [0.4, 0.5) is 0 Å². The van der Waals surface area contributed by atoms with Gasteiger partial charge < -0.3 is 14.2 Å². The molecule has 0 spiro atoms. The molecular formula is C22H27N3O4. The van der Waals surface area contributed by atoms with Crippen molar-refractivity contribution in [3.63, 3.8) is 0 Å². The van der Waals surface area contributed by atoms with Crippen molar-refractivity contribution in [1.82, 2.24) is 10.3 Å². The minimum absolute atomic E-state index is 0.247. The fraction of sp³-hybridized carbons (Fsp3) is 0.364. The number of benzene rings is 2. The number of hydrogen-bond acceptors (Lipinski definition) is 6. The zero-order valence-electron chi connectivity index (χ0n) is 17.1. The first-order valence-electron chi connectivity index (χ1n) is 9.57. The molecule has 2 aromatic carbocycles. The lowest BCUT2D eigenvalue weighted by Crippen LogP contribution is -2.35. The van der Waals surface area contributed by atoms with Crippen molar-refractivity contribution in [2.45, 2.75) is 13.5 Å². The quantitative estimate of drug-likeness (QED) is 0.575. The number of rotatable bonds is 7. The lowest BCUT2D eigenvalue weighted by atomic mass is 10.1. The number of carbonyl (C=O) groups is 1. The summed E-state index contributed by atoms with van der Waals surface area (Å²) in [7, 11) is 3.17. The van der Waals surface area contributed by atoms with E-state index >= 15 is 0 Å². The summed E-state index contributed by atoms with van der Waals surface area (Å²) in [5.41, 5.74) is 5.86. The predicted octanol–water partition coefficient (Wildman–Crippen LogP) is 2.69. The number of methoxy groups -OCH3 is 2. The van der Waals surface area contributed by atoms with Crippen LogP contribution >= 0.6 is 0 Å². The highest BCUT2D eigenvalue weighted by Gasteiger charge is 2.12. The monoisotopic (exact) mass is 397 g/mol. The molecular weight excluding hydrogens is 370 g/mol. The molecule has 1 aliphatic heterocycles. The summed E-state index contributed by atoms with van der Waals surface area (Å²) in [5, 5.41) is 4.22. The summed E-state index contributed by atoms with van der Waals surface area (Å²) >= 11 is 0. The Morgan fingerprint density at radius 3 is 2.34 bits per heavy atom. The molecule has 1 aliphatic rings. The second kappa shape index (κ2) is 10.0. The first-order chi connectivity index (χ1) is 14.1. The molecule has 0 aliphatic carbocycles. The molecule has 0 saturated carbocycles. The molecule has 0 atom stereocenters. The summed E-state index contributed by atoms with van der Waals surface area (Å²) in [6, 6.07) is 13.1. The lowest BCUT2D eigenvalue weighted by molar-refractivity contribution is 0.0342. The Bertz CT molecular complexity index is 859. The third-order valence-corrected chi connectivity index (χ3v) is 4.85. The van der Waals surface area contributed by atoms with Gasteiger partial charge in [0.25, 0.3) is 5.91 Å². The molecule has 1 saturated heterocycles. The number of ether oxygens (including phenoxy) is 3. The normalized spacial score (nSPS) is 15.1. The molecule has 0 unspecified atom stereocenters. The first-order valence-corrected chi connectivity index (χ1v) is 9.57. The Hall–Kier alpha value is -2.90. The molecule has 1 fully saturated rings. The molecule has 7 heteroatoms. The van der Waals surface area contributed by atoms with Crippen molar-refractivity contribution in [2.24, 2.45) is 5.10 Å². The van der Waals surface area contributed by atoms with Gasteiger partial charge in [0.1, 0.15) is 0 Å². The number of nitrogens with zero attached hydrogens (tertiary/aromatic N) is 2. The number of hydrogen-bond donors (Lipinski definition) is 1. The van der Waals surface area contributed by atoms with Crippen LogP contribution in [-0.2, 0) is 11.3 Å². The SMILES string of the molecule is COc1ccc(C(C)=NNC(=O)c2ccc(CN3CCOCC3)cc2)cc1OC. The Morgan fingerprint density at radius 1 is 1.03 bits per heavy atom. The highest BCUT2D eigenvalue weighted by molar-refractivity contribution is 6.01. The van der Waals surface area contributed by atoms with E-state index in [-0.39, 0.29) is 5.91 Å². The van der Waals surface area contributed by atoms with Crippen LogP contribution in [-0.4, -0.2) is 57.0 Å². The van der Waals surface area contributed by atoms with E-state index in [4.69, 9.17) is 14.2 Å². The van der Waals surface area contributed by atoms with E-state index in [1.165, 1.54) is 5.56 Å². The topological polar surface area (TPSA) is 72.4 Å². The van der Waals surface area contributed by atoms with E-state index in [2.05, 4.69) is 15.4 Å². The van der Waals surface area contributed by atoms with Crippen LogP contribution in [0, 0.1) is 0 Å². The van der Waals surface area contributed by atoms with E-state index in [0.717, 1.165) is 38.4 Å². The van der Waals surface area contributed by atoms with Gasteiger partial charge in [-0.05, 0) is 42.8 Å². The number of morpholine rings is 1. The van der Waals surface area contributed by atoms with Crippen LogP contribution in [0.5, 0.6) is 11.5 Å². The third-order valence-electron chi connectivity index (χ3n) is 4.85. The summed E-state index contributed by atoms with van der Waals surface area (Å²) in [6.07, 6.45) is 0. The minimum atomic E-state index is -0.247. The summed E-state index contributed by atoms with van der Waals surface area (Å²) in [4.78, 5) is 14.8. The van der Waals surface area contributed by atoms with Crippen molar-refractivity contribution < 1.29 is 19.0 Å². The molecule has 29 heavy (non-hydrogen) atoms. The first kappa shape index (κ1) is 20.8. The van der Waals surface area contributed by atoms with Gasteiger partial charge in [0.2, 0.25) is 0 Å². The van der Waals surface area contributed by atoms with Gasteiger partial charge in [0.05, 0.1) is 33.1 Å². The average molecular weight is 397 g/mol. The van der Waals surface area contributed by atoms with Crippen molar-refractivity contribution in [3.05, 3.63) is 59.2 Å². The van der Waals surface area contributed by atoms with Crippen LogP contribution in [0.25, 0.3) is 0 Å². The zero-order valence-corrected chi connectivity index (χ0v) is 17.1. The van der Waals surface area contributed by atoms with Crippen LogP contribution in [0.3, 0.4) is 0 Å². The largest absolute Gasteiger partial charge is 0.493 e. The molecule has 7 nitrogen and oxygen atoms in total. The van der Waals surface area contributed by atoms with Gasteiger partial charge in [-0.25, -0.2) is 5.43 Å². The van der Waals surface area contributed by atoms with Crippen LogP contribution in [0.15, 0.2) is 47.6 Å². The molecule has 154 valence electrons. The average Bonchev–Trinajstić information content (AvgIpc) is 2.78. The third kappa shape index (κ3) is 5.56. The molecule has 1 heterocycles. The van der Waals surface area contributed by atoms with Gasteiger partial charge >= 0.3 is 0 Å². The van der Waals surface area contributed by atoms with E-state index in [9.17, 15) is 4.79 Å². The van der Waals surface area contributed by atoms with Gasteiger partial charge in [-0.1, -0.05) is 12.1 Å². The predicted molar refractivity (Wildman–Crippen MR) is 112 cm³/mol. The molecule has 1 N–H and O–H groups in total. The summed E-state index contributed by atoms with van der Waals surface area (Å²) in [5.74, 6) is 1.01. The maximum atomic E-state index is 12.4. The van der Waals surface area contributed by atoms with E-state index < -0.39 is 0 Å². The maximum Gasteiger partial charge on any atom is 0.271 e. The Morgan fingerprint density at radius 2 is 1.69 bits per heavy atom. The standard InChI is InChI=1S/C22H27N3O4/c1-16(19-8-9-20(27-2)21(14-19)28-3)23-24-22(26)18-6-4-17(5-7-18)15-25-10-12-29-13-11-25/h4-9,14H,10-13,15H2,1-3H3,(H,24,26). The molecule has 2 aromatic rings. The van der Waals surface area contributed by atoms with Crippen LogP contribution < -0.4 is 14.9 Å². The molecule has 1 amide bonds. The van der Waals surface area contributed by atoms with Crippen LogP contribution in [0.1, 0.15) is 28.4 Å². The van der Waals surface area contributed by atoms with Crippen molar-refractivity contribution in [3.8, 4) is 11.5 Å². The summed E-state index contributed by atoms with van der Waals surface area (Å²) < 4.78 is 15.9. The number of carbonyl (C=O) groups excluding carboxylic acids is 1. The summed E-state index contributed by atoms with van der Waals surface area (Å²) in [6.45, 7) is 6.11. The molecule has 0 aromatic heterocycles. The number of nitrogens with one attached hydrogen (secondary N) is 1. The van der Waals surface area contributed by atoms with Gasteiger partial charge in [-0.2, -0.15) is 5.10 Å². The van der Waals surface area contributed by atoms with Gasteiger partial charge in [-0.3, -0.25) is 9.69 Å². The zero-order chi connectivity index (χ0) is 20.6. The smallest absolute Gasteiger partial charge is 0.271 e. The Balaban J connectivity index is 1.60. The molecule has 0 radical (unpaired) electrons. The fourth-order valence-electron chi connectivity index (χ4n) is 3.10. The van der Waals surface area contributed by atoms with Crippen molar-refractivity contribution in [1.29, 1.82) is 0 Å². The number of amides is 1. The minimum Gasteiger partial charge on any atom is -0.493 e. The number of hydrazone groups is 1. The van der Waals surface area contributed by atoms with Crippen molar-refractivity contribution >= 4 is 11.6 Å². The lowest BCUT2D eigenvalue weighted by Gasteiger charge is -2.26. The van der Waals surface area contributed by atoms with Gasteiger partial charge in [0.15, 0.2) is 11.5 Å². The Kier molecular flexibility index (Phi) is 7.21. The van der Waals surface area contributed by atoms with E-state index in [1.807, 2.05) is 49.4 Å².